The van der Waals surface area contributed by atoms with Crippen molar-refractivity contribution in [2.45, 2.75) is 26.2 Å². The Bertz CT molecular complexity index is 326. The van der Waals surface area contributed by atoms with Gasteiger partial charge in [0.2, 0.25) is 0 Å². The first-order valence-electron chi connectivity index (χ1n) is 5.88. The summed E-state index contributed by atoms with van der Waals surface area (Å²) in [5, 5.41) is 0.788. The highest BCUT2D eigenvalue weighted by atomic mass is 35.5. The fraction of sp³-hybridized carbons (Fsp3) is 0.538. The lowest BCUT2D eigenvalue weighted by atomic mass is 10.1. The van der Waals surface area contributed by atoms with Crippen LogP contribution < -0.4 is 10.6 Å². The summed E-state index contributed by atoms with van der Waals surface area (Å²) in [7, 11) is 2.12. The van der Waals surface area contributed by atoms with Crippen molar-refractivity contribution >= 4 is 17.3 Å². The van der Waals surface area contributed by atoms with Crippen LogP contribution in [-0.4, -0.2) is 20.1 Å². The minimum atomic E-state index is 0.662. The van der Waals surface area contributed by atoms with Gasteiger partial charge in [0, 0.05) is 24.3 Å². The highest BCUT2D eigenvalue weighted by Crippen LogP contribution is 2.24. The Morgan fingerprint density at radius 2 is 2.12 bits per heavy atom. The van der Waals surface area contributed by atoms with Crippen LogP contribution >= 0.6 is 11.6 Å². The number of unbranched alkanes of at least 4 members (excludes halogenated alkanes) is 1. The molecule has 2 nitrogen and oxygen atoms in total. The number of benzene rings is 1. The lowest BCUT2D eigenvalue weighted by molar-refractivity contribution is 0.762. The Morgan fingerprint density at radius 3 is 2.75 bits per heavy atom. The molecule has 16 heavy (non-hydrogen) atoms. The SMILES string of the molecule is CCCCN(C)c1ccc(Cl)cc1CCN. The van der Waals surface area contributed by atoms with Crippen LogP contribution in [0.1, 0.15) is 25.3 Å². The second kappa shape index (κ2) is 6.77. The van der Waals surface area contributed by atoms with Crippen molar-refractivity contribution in [1.82, 2.24) is 0 Å². The Hall–Kier alpha value is -0.730. The first-order valence-corrected chi connectivity index (χ1v) is 6.26. The minimum absolute atomic E-state index is 0.662. The topological polar surface area (TPSA) is 29.3 Å². The van der Waals surface area contributed by atoms with Crippen molar-refractivity contribution in [2.24, 2.45) is 5.73 Å². The summed E-state index contributed by atoms with van der Waals surface area (Å²) in [5.74, 6) is 0. The zero-order valence-corrected chi connectivity index (χ0v) is 10.9. The van der Waals surface area contributed by atoms with Crippen molar-refractivity contribution < 1.29 is 0 Å². The fourth-order valence-corrected chi connectivity index (χ4v) is 1.99. The predicted octanol–water partition coefficient (Wildman–Crippen LogP) is 3.08. The Balaban J connectivity index is 2.84. The molecule has 0 amide bonds. The molecule has 3 heteroatoms. The van der Waals surface area contributed by atoms with E-state index in [0.717, 1.165) is 18.0 Å². The quantitative estimate of drug-likeness (QED) is 0.828. The molecule has 0 aliphatic carbocycles. The van der Waals surface area contributed by atoms with Gasteiger partial charge in [-0.1, -0.05) is 24.9 Å². The smallest absolute Gasteiger partial charge is 0.0410 e. The first kappa shape index (κ1) is 13.3. The van der Waals surface area contributed by atoms with E-state index < -0.39 is 0 Å². The van der Waals surface area contributed by atoms with Crippen molar-refractivity contribution in [3.63, 3.8) is 0 Å². The average molecular weight is 241 g/mol. The van der Waals surface area contributed by atoms with Gasteiger partial charge in [-0.2, -0.15) is 0 Å². The van der Waals surface area contributed by atoms with Crippen LogP contribution in [-0.2, 0) is 6.42 Å². The van der Waals surface area contributed by atoms with E-state index in [9.17, 15) is 0 Å². The van der Waals surface area contributed by atoms with Crippen molar-refractivity contribution in [3.8, 4) is 0 Å². The molecule has 2 N–H and O–H groups in total. The second-order valence-electron chi connectivity index (χ2n) is 4.09. The van der Waals surface area contributed by atoms with Crippen LogP contribution in [0.25, 0.3) is 0 Å². The number of rotatable bonds is 6. The molecule has 0 aliphatic heterocycles. The zero-order chi connectivity index (χ0) is 12.0. The highest BCUT2D eigenvalue weighted by Gasteiger charge is 2.07. The van der Waals surface area contributed by atoms with Gasteiger partial charge in [0.1, 0.15) is 0 Å². The van der Waals surface area contributed by atoms with Gasteiger partial charge in [0.05, 0.1) is 0 Å². The largest absolute Gasteiger partial charge is 0.374 e. The van der Waals surface area contributed by atoms with Gasteiger partial charge in [-0.05, 0) is 43.1 Å². The summed E-state index contributed by atoms with van der Waals surface area (Å²) in [6.45, 7) is 3.95. The molecule has 0 fully saturated rings. The normalized spacial score (nSPS) is 10.5. The molecule has 0 saturated heterocycles. The Morgan fingerprint density at radius 1 is 1.38 bits per heavy atom. The molecule has 1 aromatic rings. The van der Waals surface area contributed by atoms with Crippen LogP contribution in [0.2, 0.25) is 5.02 Å². The van der Waals surface area contributed by atoms with Gasteiger partial charge in [0.15, 0.2) is 0 Å². The molecular weight excluding hydrogens is 220 g/mol. The fourth-order valence-electron chi connectivity index (χ4n) is 1.80. The van der Waals surface area contributed by atoms with Gasteiger partial charge in [0.25, 0.3) is 0 Å². The summed E-state index contributed by atoms with van der Waals surface area (Å²) in [4.78, 5) is 2.28. The Labute approximate surface area is 103 Å². The van der Waals surface area contributed by atoms with E-state index in [0.29, 0.717) is 6.54 Å². The molecule has 0 saturated carbocycles. The zero-order valence-electron chi connectivity index (χ0n) is 10.2. The molecule has 1 rings (SSSR count). The molecule has 0 aromatic heterocycles. The van der Waals surface area contributed by atoms with E-state index in [2.05, 4.69) is 24.9 Å². The number of hydrogen-bond acceptors (Lipinski definition) is 2. The number of anilines is 1. The van der Waals surface area contributed by atoms with Gasteiger partial charge in [-0.3, -0.25) is 0 Å². The third-order valence-electron chi connectivity index (χ3n) is 2.71. The van der Waals surface area contributed by atoms with Crippen LogP contribution in [0.3, 0.4) is 0 Å². The maximum Gasteiger partial charge on any atom is 0.0410 e. The maximum absolute atomic E-state index is 6.00. The van der Waals surface area contributed by atoms with Crippen LogP contribution in [0.15, 0.2) is 18.2 Å². The second-order valence-corrected chi connectivity index (χ2v) is 4.52. The number of nitrogens with zero attached hydrogens (tertiary/aromatic N) is 1. The Kier molecular flexibility index (Phi) is 5.64. The molecule has 0 atom stereocenters. The van der Waals surface area contributed by atoms with Gasteiger partial charge in [-0.25, -0.2) is 0 Å². The molecule has 0 bridgehead atoms. The molecule has 0 unspecified atom stereocenters. The van der Waals surface area contributed by atoms with Crippen LogP contribution in [0.4, 0.5) is 5.69 Å². The van der Waals surface area contributed by atoms with E-state index in [4.69, 9.17) is 17.3 Å². The third-order valence-corrected chi connectivity index (χ3v) is 2.95. The van der Waals surface area contributed by atoms with Gasteiger partial charge < -0.3 is 10.6 Å². The predicted molar refractivity (Wildman–Crippen MR) is 72.4 cm³/mol. The summed E-state index contributed by atoms with van der Waals surface area (Å²) in [5.41, 5.74) is 8.12. The molecule has 90 valence electrons. The van der Waals surface area contributed by atoms with E-state index >= 15 is 0 Å². The van der Waals surface area contributed by atoms with E-state index in [1.54, 1.807) is 0 Å². The minimum Gasteiger partial charge on any atom is -0.374 e. The van der Waals surface area contributed by atoms with Gasteiger partial charge in [-0.15, -0.1) is 0 Å². The first-order chi connectivity index (χ1) is 7.69. The van der Waals surface area contributed by atoms with E-state index in [1.165, 1.54) is 24.1 Å². The average Bonchev–Trinajstić information content (AvgIpc) is 2.26. The summed E-state index contributed by atoms with van der Waals surface area (Å²) in [6, 6.07) is 6.05. The molecule has 0 heterocycles. The van der Waals surface area contributed by atoms with Crippen molar-refractivity contribution in [3.05, 3.63) is 28.8 Å². The number of halogens is 1. The lowest BCUT2D eigenvalue weighted by Crippen LogP contribution is -2.20. The highest BCUT2D eigenvalue weighted by molar-refractivity contribution is 6.30. The number of hydrogen-bond donors (Lipinski definition) is 1. The monoisotopic (exact) mass is 240 g/mol. The van der Waals surface area contributed by atoms with Crippen LogP contribution in [0.5, 0.6) is 0 Å². The summed E-state index contributed by atoms with van der Waals surface area (Å²) in [6.07, 6.45) is 3.30. The summed E-state index contributed by atoms with van der Waals surface area (Å²) >= 11 is 6.00. The molecule has 0 radical (unpaired) electrons. The van der Waals surface area contributed by atoms with E-state index in [-0.39, 0.29) is 0 Å². The summed E-state index contributed by atoms with van der Waals surface area (Å²) < 4.78 is 0. The standard InChI is InChI=1S/C13H21ClN2/c1-3-4-9-16(2)13-6-5-12(14)10-11(13)7-8-15/h5-6,10H,3-4,7-9,15H2,1-2H3. The van der Waals surface area contributed by atoms with Gasteiger partial charge >= 0.3 is 0 Å². The number of nitrogens with two attached hydrogens (primary N) is 1. The maximum atomic E-state index is 6.00. The lowest BCUT2D eigenvalue weighted by Gasteiger charge is -2.22. The van der Waals surface area contributed by atoms with Crippen LogP contribution in [0, 0.1) is 0 Å². The third kappa shape index (κ3) is 3.69. The molecular formula is C13H21ClN2. The molecule has 1 aromatic carbocycles. The molecule has 0 aliphatic rings. The van der Waals surface area contributed by atoms with Crippen molar-refractivity contribution in [1.29, 1.82) is 0 Å². The van der Waals surface area contributed by atoms with E-state index in [1.807, 2.05) is 12.1 Å². The molecule has 0 spiro atoms. The van der Waals surface area contributed by atoms with Crippen molar-refractivity contribution in [2.75, 3.05) is 25.0 Å².